The number of aryl methyl sites for hydroxylation is 2. The molecule has 1 N–H and O–H groups in total. The van der Waals surface area contributed by atoms with Gasteiger partial charge < -0.3 is 9.84 Å². The van der Waals surface area contributed by atoms with Crippen LogP contribution in [0.1, 0.15) is 43.8 Å². The fourth-order valence-corrected chi connectivity index (χ4v) is 3.75. The number of nitrogens with zero attached hydrogens (tertiary/aromatic N) is 4. The van der Waals surface area contributed by atoms with Gasteiger partial charge in [0.2, 0.25) is 0 Å². The summed E-state index contributed by atoms with van der Waals surface area (Å²) in [6, 6.07) is 0. The minimum atomic E-state index is -0.486. The van der Waals surface area contributed by atoms with E-state index in [2.05, 4.69) is 15.0 Å². The van der Waals surface area contributed by atoms with Crippen molar-refractivity contribution in [1.82, 2.24) is 19.7 Å². The number of ether oxygens (including phenoxy) is 1. The van der Waals surface area contributed by atoms with E-state index in [0.717, 1.165) is 70.1 Å². The molecular formula is C16H28N4O2. The Morgan fingerprint density at radius 3 is 2.73 bits per heavy atom. The molecule has 0 aromatic carbocycles. The van der Waals surface area contributed by atoms with Crippen molar-refractivity contribution >= 4 is 0 Å². The quantitative estimate of drug-likeness (QED) is 0.908. The maximum atomic E-state index is 10.7. The zero-order valence-corrected chi connectivity index (χ0v) is 13.8. The molecule has 0 unspecified atom stereocenters. The molecular weight excluding hydrogens is 280 g/mol. The fraction of sp³-hybridized carbons (Fsp3) is 0.875. The SMILES string of the molecule is Cc1nc(C)n(C[C@H]2CN(CC3(O)CCCCC3)CCO2)n1. The van der Waals surface area contributed by atoms with Gasteiger partial charge in [-0.1, -0.05) is 19.3 Å². The van der Waals surface area contributed by atoms with Crippen LogP contribution in [0, 0.1) is 13.8 Å². The second-order valence-electron chi connectivity index (χ2n) is 6.90. The van der Waals surface area contributed by atoms with E-state index in [1.54, 1.807) is 0 Å². The van der Waals surface area contributed by atoms with E-state index < -0.39 is 5.60 Å². The highest BCUT2D eigenvalue weighted by molar-refractivity contribution is 4.90. The summed E-state index contributed by atoms with van der Waals surface area (Å²) >= 11 is 0. The van der Waals surface area contributed by atoms with Crippen LogP contribution >= 0.6 is 0 Å². The largest absolute Gasteiger partial charge is 0.389 e. The van der Waals surface area contributed by atoms with Crippen LogP contribution in [0.15, 0.2) is 0 Å². The van der Waals surface area contributed by atoms with Crippen molar-refractivity contribution in [2.75, 3.05) is 26.2 Å². The molecule has 2 aliphatic rings. The van der Waals surface area contributed by atoms with Crippen molar-refractivity contribution in [2.24, 2.45) is 0 Å². The molecule has 6 heteroatoms. The third kappa shape index (κ3) is 3.86. The minimum Gasteiger partial charge on any atom is -0.389 e. The Kier molecular flexibility index (Phi) is 4.80. The second kappa shape index (κ2) is 6.64. The molecule has 1 aromatic heterocycles. The molecule has 22 heavy (non-hydrogen) atoms. The normalized spacial score (nSPS) is 26.2. The number of morpholine rings is 1. The Bertz CT molecular complexity index is 496. The fourth-order valence-electron chi connectivity index (χ4n) is 3.75. The summed E-state index contributed by atoms with van der Waals surface area (Å²) in [7, 11) is 0. The van der Waals surface area contributed by atoms with Gasteiger partial charge in [0.1, 0.15) is 11.6 Å². The number of β-amino-alcohol motifs (C(OH)–C–C–N with tert-alkyl or cyclic N) is 1. The van der Waals surface area contributed by atoms with Crippen LogP contribution in [-0.4, -0.2) is 62.7 Å². The predicted molar refractivity (Wildman–Crippen MR) is 83.7 cm³/mol. The van der Waals surface area contributed by atoms with Crippen LogP contribution in [0.5, 0.6) is 0 Å². The highest BCUT2D eigenvalue weighted by atomic mass is 16.5. The monoisotopic (exact) mass is 308 g/mol. The Morgan fingerprint density at radius 2 is 2.05 bits per heavy atom. The van der Waals surface area contributed by atoms with Crippen molar-refractivity contribution in [3.63, 3.8) is 0 Å². The molecule has 0 spiro atoms. The first kappa shape index (κ1) is 15.9. The van der Waals surface area contributed by atoms with Gasteiger partial charge in [0.25, 0.3) is 0 Å². The van der Waals surface area contributed by atoms with Crippen molar-refractivity contribution in [1.29, 1.82) is 0 Å². The van der Waals surface area contributed by atoms with E-state index in [9.17, 15) is 5.11 Å². The summed E-state index contributed by atoms with van der Waals surface area (Å²) < 4.78 is 7.82. The van der Waals surface area contributed by atoms with Crippen LogP contribution in [0.3, 0.4) is 0 Å². The zero-order chi connectivity index (χ0) is 15.6. The van der Waals surface area contributed by atoms with Gasteiger partial charge in [0.05, 0.1) is 24.9 Å². The number of hydrogen-bond donors (Lipinski definition) is 1. The first-order valence-electron chi connectivity index (χ1n) is 8.48. The van der Waals surface area contributed by atoms with Crippen molar-refractivity contribution in [3.05, 3.63) is 11.6 Å². The van der Waals surface area contributed by atoms with Gasteiger partial charge in [0.15, 0.2) is 0 Å². The van der Waals surface area contributed by atoms with Crippen LogP contribution < -0.4 is 0 Å². The van der Waals surface area contributed by atoms with Crippen molar-refractivity contribution < 1.29 is 9.84 Å². The maximum absolute atomic E-state index is 10.7. The number of aliphatic hydroxyl groups is 1. The van der Waals surface area contributed by atoms with Crippen molar-refractivity contribution in [2.45, 2.75) is 64.2 Å². The maximum Gasteiger partial charge on any atom is 0.147 e. The topological polar surface area (TPSA) is 63.4 Å². The average Bonchev–Trinajstić information content (AvgIpc) is 2.77. The number of hydrogen-bond acceptors (Lipinski definition) is 5. The molecule has 1 saturated carbocycles. The van der Waals surface area contributed by atoms with Crippen LogP contribution in [0.4, 0.5) is 0 Å². The summed E-state index contributed by atoms with van der Waals surface area (Å²) in [4.78, 5) is 6.70. The molecule has 1 aliphatic carbocycles. The Hall–Kier alpha value is -0.980. The van der Waals surface area contributed by atoms with E-state index in [0.29, 0.717) is 0 Å². The lowest BCUT2D eigenvalue weighted by molar-refractivity contribution is -0.0797. The van der Waals surface area contributed by atoms with Gasteiger partial charge in [-0.3, -0.25) is 4.90 Å². The molecule has 1 aromatic rings. The van der Waals surface area contributed by atoms with Gasteiger partial charge >= 0.3 is 0 Å². The van der Waals surface area contributed by atoms with E-state index in [4.69, 9.17) is 4.74 Å². The van der Waals surface area contributed by atoms with Crippen molar-refractivity contribution in [3.8, 4) is 0 Å². The summed E-state index contributed by atoms with van der Waals surface area (Å²) in [5, 5.41) is 15.2. The molecule has 0 radical (unpaired) electrons. The summed E-state index contributed by atoms with van der Waals surface area (Å²) in [5.41, 5.74) is -0.486. The standard InChI is InChI=1S/C16H28N4O2/c1-13-17-14(2)20(18-13)11-15-10-19(8-9-22-15)12-16(21)6-4-3-5-7-16/h15,21H,3-12H2,1-2H3/t15-/m1/s1. The minimum absolute atomic E-state index is 0.126. The molecule has 2 fully saturated rings. The molecule has 1 aliphatic heterocycles. The smallest absolute Gasteiger partial charge is 0.147 e. The summed E-state index contributed by atoms with van der Waals surface area (Å²) in [6.07, 6.45) is 5.58. The van der Waals surface area contributed by atoms with E-state index in [1.165, 1.54) is 6.42 Å². The molecule has 1 atom stereocenters. The van der Waals surface area contributed by atoms with Gasteiger partial charge in [0, 0.05) is 19.6 Å². The van der Waals surface area contributed by atoms with Crippen LogP contribution in [0.2, 0.25) is 0 Å². The molecule has 0 bridgehead atoms. The Balaban J connectivity index is 1.56. The molecule has 6 nitrogen and oxygen atoms in total. The summed E-state index contributed by atoms with van der Waals surface area (Å²) in [6.45, 7) is 7.91. The molecule has 3 rings (SSSR count). The summed E-state index contributed by atoms with van der Waals surface area (Å²) in [5.74, 6) is 1.74. The van der Waals surface area contributed by atoms with Gasteiger partial charge in [-0.05, 0) is 26.7 Å². The number of aromatic nitrogens is 3. The van der Waals surface area contributed by atoms with Crippen LogP contribution in [0.25, 0.3) is 0 Å². The van der Waals surface area contributed by atoms with E-state index in [-0.39, 0.29) is 6.10 Å². The molecule has 2 heterocycles. The Labute approximate surface area is 132 Å². The van der Waals surface area contributed by atoms with Crippen LogP contribution in [-0.2, 0) is 11.3 Å². The van der Waals surface area contributed by atoms with Gasteiger partial charge in [-0.15, -0.1) is 0 Å². The first-order chi connectivity index (χ1) is 10.5. The van der Waals surface area contributed by atoms with E-state index in [1.807, 2.05) is 18.5 Å². The lowest BCUT2D eigenvalue weighted by atomic mass is 9.84. The predicted octanol–water partition coefficient (Wildman–Crippen LogP) is 1.29. The Morgan fingerprint density at radius 1 is 1.27 bits per heavy atom. The van der Waals surface area contributed by atoms with Gasteiger partial charge in [-0.25, -0.2) is 9.67 Å². The lowest BCUT2D eigenvalue weighted by Gasteiger charge is -2.40. The zero-order valence-electron chi connectivity index (χ0n) is 13.8. The van der Waals surface area contributed by atoms with Gasteiger partial charge in [-0.2, -0.15) is 5.10 Å². The molecule has 124 valence electrons. The molecule has 0 amide bonds. The average molecular weight is 308 g/mol. The molecule has 1 saturated heterocycles. The van der Waals surface area contributed by atoms with E-state index >= 15 is 0 Å². The second-order valence-corrected chi connectivity index (χ2v) is 6.90. The number of rotatable bonds is 4. The third-order valence-electron chi connectivity index (χ3n) is 4.86. The highest BCUT2D eigenvalue weighted by Gasteiger charge is 2.33. The highest BCUT2D eigenvalue weighted by Crippen LogP contribution is 2.29. The first-order valence-corrected chi connectivity index (χ1v) is 8.48. The third-order valence-corrected chi connectivity index (χ3v) is 4.86. The lowest BCUT2D eigenvalue weighted by Crippen LogP contribution is -2.51.